The van der Waals surface area contributed by atoms with Crippen LogP contribution >= 0.6 is 12.2 Å². The highest BCUT2D eigenvalue weighted by molar-refractivity contribution is 7.80. The van der Waals surface area contributed by atoms with Crippen LogP contribution in [-0.2, 0) is 0 Å². The van der Waals surface area contributed by atoms with Gasteiger partial charge in [0.15, 0.2) is 0 Å². The average molecular weight is 183 g/mol. The van der Waals surface area contributed by atoms with Crippen LogP contribution in [0.15, 0.2) is 0 Å². The minimum absolute atomic E-state index is 0.754. The van der Waals surface area contributed by atoms with E-state index in [1.807, 2.05) is 0 Å². The molecule has 1 unspecified atom stereocenters. The zero-order valence-electron chi connectivity index (χ0n) is 7.85. The van der Waals surface area contributed by atoms with Crippen LogP contribution < -0.4 is 0 Å². The van der Waals surface area contributed by atoms with Gasteiger partial charge in [-0.25, -0.2) is 0 Å². The second-order valence-electron chi connectivity index (χ2n) is 3.76. The Bertz CT molecular complexity index is 140. The summed E-state index contributed by atoms with van der Waals surface area (Å²) in [5.74, 6) is 0.754. The summed E-state index contributed by atoms with van der Waals surface area (Å²) < 4.78 is 0. The number of rotatable bonds is 3. The summed E-state index contributed by atoms with van der Waals surface area (Å²) in [6, 6.07) is 0. The summed E-state index contributed by atoms with van der Waals surface area (Å²) >= 11 is 5.41. The zero-order valence-corrected chi connectivity index (χ0v) is 8.67. The van der Waals surface area contributed by atoms with Gasteiger partial charge in [0.1, 0.15) is 0 Å². The van der Waals surface area contributed by atoms with E-state index in [0.717, 1.165) is 12.3 Å². The van der Waals surface area contributed by atoms with Gasteiger partial charge in [-0.05, 0) is 36.5 Å². The maximum absolute atomic E-state index is 5.41. The molecule has 0 N–H and O–H groups in total. The molecule has 0 aromatic heterocycles. The van der Waals surface area contributed by atoms with Crippen LogP contribution in [0, 0.1) is 12.8 Å². The lowest BCUT2D eigenvalue weighted by Gasteiger charge is -2.13. The normalized spacial score (nSPS) is 25.4. The molecule has 1 aliphatic carbocycles. The summed E-state index contributed by atoms with van der Waals surface area (Å²) in [4.78, 5) is 1.35. The lowest BCUT2D eigenvalue weighted by Crippen LogP contribution is -2.09. The third kappa shape index (κ3) is 3.22. The van der Waals surface area contributed by atoms with Crippen molar-refractivity contribution in [1.29, 1.82) is 0 Å². The average Bonchev–Trinajstić information content (AvgIpc) is 2.27. The molecular formula is C11H19S. The molecule has 0 nitrogen and oxygen atoms in total. The van der Waals surface area contributed by atoms with E-state index in [1.165, 1.54) is 49.8 Å². The fraction of sp³-hybridized carbons (Fsp3) is 0.818. The Labute approximate surface area is 81.7 Å². The molecule has 0 amide bonds. The van der Waals surface area contributed by atoms with Gasteiger partial charge in [0.2, 0.25) is 0 Å². The molecule has 1 heteroatoms. The van der Waals surface area contributed by atoms with Crippen molar-refractivity contribution in [2.75, 3.05) is 0 Å². The summed E-state index contributed by atoms with van der Waals surface area (Å²) in [7, 11) is 0. The van der Waals surface area contributed by atoms with E-state index >= 15 is 0 Å². The lowest BCUT2D eigenvalue weighted by atomic mass is 9.94. The van der Waals surface area contributed by atoms with Crippen LogP contribution in [0.3, 0.4) is 0 Å². The third-order valence-electron chi connectivity index (χ3n) is 2.73. The third-order valence-corrected chi connectivity index (χ3v) is 3.27. The van der Waals surface area contributed by atoms with E-state index in [1.54, 1.807) is 0 Å². The fourth-order valence-corrected chi connectivity index (χ4v) is 2.31. The number of hydrogen-bond acceptors (Lipinski definition) is 1. The Morgan fingerprint density at radius 2 is 2.17 bits per heavy atom. The van der Waals surface area contributed by atoms with Crippen molar-refractivity contribution >= 4 is 17.1 Å². The largest absolute Gasteiger partial charge is 0.0894 e. The smallest absolute Gasteiger partial charge is 0.00406 e. The quantitative estimate of drug-likeness (QED) is 0.472. The van der Waals surface area contributed by atoms with E-state index in [0.29, 0.717) is 0 Å². The van der Waals surface area contributed by atoms with Crippen molar-refractivity contribution in [1.82, 2.24) is 0 Å². The van der Waals surface area contributed by atoms with Crippen LogP contribution in [0.1, 0.15) is 51.4 Å². The maximum Gasteiger partial charge on any atom is -0.00406 e. The van der Waals surface area contributed by atoms with E-state index < -0.39 is 0 Å². The highest BCUT2D eigenvalue weighted by Gasteiger charge is 2.16. The van der Waals surface area contributed by atoms with Crippen LogP contribution in [-0.4, -0.2) is 4.86 Å². The first-order valence-corrected chi connectivity index (χ1v) is 5.57. The molecule has 0 saturated heterocycles. The van der Waals surface area contributed by atoms with Crippen molar-refractivity contribution in [3.05, 3.63) is 6.92 Å². The number of unbranched alkanes of at least 4 members (excludes halogenated alkanes) is 1. The van der Waals surface area contributed by atoms with Gasteiger partial charge >= 0.3 is 0 Å². The fourth-order valence-electron chi connectivity index (χ4n) is 1.93. The van der Waals surface area contributed by atoms with E-state index in [2.05, 4.69) is 6.92 Å². The first-order chi connectivity index (χ1) is 5.84. The summed E-state index contributed by atoms with van der Waals surface area (Å²) in [5.41, 5.74) is 0. The lowest BCUT2D eigenvalue weighted by molar-refractivity contribution is 0.539. The van der Waals surface area contributed by atoms with Crippen molar-refractivity contribution in [3.63, 3.8) is 0 Å². The zero-order chi connectivity index (χ0) is 8.81. The molecule has 1 rings (SSSR count). The molecule has 1 aliphatic rings. The first kappa shape index (κ1) is 10.2. The highest BCUT2D eigenvalue weighted by Crippen LogP contribution is 2.25. The van der Waals surface area contributed by atoms with Crippen LogP contribution in [0.2, 0.25) is 0 Å². The van der Waals surface area contributed by atoms with Crippen molar-refractivity contribution in [2.24, 2.45) is 5.92 Å². The Morgan fingerprint density at radius 3 is 2.92 bits per heavy atom. The van der Waals surface area contributed by atoms with Crippen molar-refractivity contribution in [2.45, 2.75) is 51.4 Å². The van der Waals surface area contributed by atoms with Crippen LogP contribution in [0.25, 0.3) is 0 Å². The van der Waals surface area contributed by atoms with Gasteiger partial charge in [-0.1, -0.05) is 44.8 Å². The molecule has 12 heavy (non-hydrogen) atoms. The predicted molar refractivity (Wildman–Crippen MR) is 58.4 cm³/mol. The highest BCUT2D eigenvalue weighted by atomic mass is 32.1. The van der Waals surface area contributed by atoms with Gasteiger partial charge in [-0.3, -0.25) is 0 Å². The molecule has 0 heterocycles. The minimum atomic E-state index is 0.754. The van der Waals surface area contributed by atoms with Crippen LogP contribution in [0.4, 0.5) is 0 Å². The molecule has 1 saturated carbocycles. The molecule has 0 aromatic carbocycles. The Kier molecular flexibility index (Phi) is 4.82. The Morgan fingerprint density at radius 1 is 1.33 bits per heavy atom. The Hall–Kier alpha value is 0.0900. The molecule has 0 aromatic rings. The van der Waals surface area contributed by atoms with Crippen LogP contribution in [0.5, 0.6) is 0 Å². The molecule has 1 fully saturated rings. The minimum Gasteiger partial charge on any atom is -0.0894 e. The second kappa shape index (κ2) is 5.69. The SMILES string of the molecule is [CH2]CCCC1CCCCCC1=S. The molecule has 0 aliphatic heterocycles. The van der Waals surface area contributed by atoms with Gasteiger partial charge in [0.25, 0.3) is 0 Å². The van der Waals surface area contributed by atoms with E-state index in [9.17, 15) is 0 Å². The molecule has 0 spiro atoms. The van der Waals surface area contributed by atoms with Crippen molar-refractivity contribution < 1.29 is 0 Å². The van der Waals surface area contributed by atoms with Gasteiger partial charge in [0.05, 0.1) is 0 Å². The van der Waals surface area contributed by atoms with Crippen molar-refractivity contribution in [3.8, 4) is 0 Å². The molecule has 1 atom stereocenters. The Balaban J connectivity index is 2.31. The standard InChI is InChI=1S/C11H19S/c1-2-3-7-10-8-5-4-6-9-11(10)12/h10H,1-9H2. The van der Waals surface area contributed by atoms with Gasteiger partial charge < -0.3 is 0 Å². The van der Waals surface area contributed by atoms with E-state index in [4.69, 9.17) is 12.2 Å². The molecular weight excluding hydrogens is 164 g/mol. The molecule has 0 bridgehead atoms. The number of hydrogen-bond donors (Lipinski definition) is 0. The molecule has 1 radical (unpaired) electrons. The van der Waals surface area contributed by atoms with E-state index in [-0.39, 0.29) is 0 Å². The number of thiocarbonyl (C=S) groups is 1. The monoisotopic (exact) mass is 183 g/mol. The molecule has 69 valence electrons. The topological polar surface area (TPSA) is 0 Å². The van der Waals surface area contributed by atoms with Gasteiger partial charge in [0, 0.05) is 0 Å². The summed E-state index contributed by atoms with van der Waals surface area (Å²) in [6.07, 6.45) is 10.3. The predicted octanol–water partition coefficient (Wildman–Crippen LogP) is 3.94. The first-order valence-electron chi connectivity index (χ1n) is 5.16. The maximum atomic E-state index is 5.41. The van der Waals surface area contributed by atoms with Gasteiger partial charge in [-0.2, -0.15) is 0 Å². The van der Waals surface area contributed by atoms with Gasteiger partial charge in [-0.15, -0.1) is 0 Å². The summed E-state index contributed by atoms with van der Waals surface area (Å²) in [5, 5.41) is 0. The second-order valence-corrected chi connectivity index (χ2v) is 4.28. The summed E-state index contributed by atoms with van der Waals surface area (Å²) in [6.45, 7) is 3.88.